The van der Waals surface area contributed by atoms with E-state index in [-0.39, 0.29) is 0 Å². The molecule has 3 nitrogen and oxygen atoms in total. The second-order valence-corrected chi connectivity index (χ2v) is 8.29. The maximum absolute atomic E-state index is 12.0. The van der Waals surface area contributed by atoms with Crippen LogP contribution in [0.2, 0.25) is 0 Å². The lowest BCUT2D eigenvalue weighted by Gasteiger charge is -2.50. The minimum absolute atomic E-state index is 0.297. The molecular weight excluding hydrogens is 272 g/mol. The summed E-state index contributed by atoms with van der Waals surface area (Å²) in [7, 11) is 2.33. The van der Waals surface area contributed by atoms with Crippen molar-refractivity contribution in [3.8, 4) is 0 Å². The first kappa shape index (κ1) is 16.3. The number of piperidine rings is 2. The van der Waals surface area contributed by atoms with Crippen molar-refractivity contribution >= 4 is 5.91 Å². The molecule has 5 unspecified atom stereocenters. The maximum Gasteiger partial charge on any atom is 0.219 e. The van der Waals surface area contributed by atoms with Crippen molar-refractivity contribution in [2.24, 2.45) is 17.8 Å². The smallest absolute Gasteiger partial charge is 0.219 e. The lowest BCUT2D eigenvalue weighted by atomic mass is 9.65. The Hall–Kier alpha value is -0.570. The van der Waals surface area contributed by atoms with E-state index in [4.69, 9.17) is 0 Å². The summed E-state index contributed by atoms with van der Waals surface area (Å²) in [4.78, 5) is 16.8. The molecule has 1 amide bonds. The number of amides is 1. The summed E-state index contributed by atoms with van der Waals surface area (Å²) in [5.74, 6) is 2.86. The van der Waals surface area contributed by atoms with Gasteiger partial charge in [-0.05, 0) is 82.7 Å². The zero-order valence-corrected chi connectivity index (χ0v) is 14.8. The number of fused-ring (bicyclic) bond motifs is 1. The highest BCUT2D eigenvalue weighted by molar-refractivity contribution is 5.73. The normalized spacial score (nSPS) is 40.3. The molecule has 0 spiro atoms. The van der Waals surface area contributed by atoms with Crippen LogP contribution < -0.4 is 0 Å². The monoisotopic (exact) mass is 306 g/mol. The Kier molecular flexibility index (Phi) is 5.11. The lowest BCUT2D eigenvalue weighted by molar-refractivity contribution is -0.133. The number of carbonyl (C=O) groups excluding carboxylic acids is 1. The molecule has 0 N–H and O–H groups in total. The van der Waals surface area contributed by atoms with Gasteiger partial charge in [0, 0.05) is 25.6 Å². The fraction of sp³-hybridized carbons (Fsp3) is 0.947. The van der Waals surface area contributed by atoms with Gasteiger partial charge >= 0.3 is 0 Å². The standard InChI is InChI=1S/C19H34N2O/c1-14-11-16(18-8-6-9-20(3)19(18)12-14)13-17-7-4-5-10-21(17)15(2)22/h14,16-19H,4-13H2,1-3H3. The SMILES string of the molecule is CC(=O)N1CCCCC1CC1CC(C)CC2C1CCCN2C. The predicted octanol–water partition coefficient (Wildman–Crippen LogP) is 3.53. The molecule has 0 aromatic rings. The van der Waals surface area contributed by atoms with E-state index in [1.54, 1.807) is 6.92 Å². The van der Waals surface area contributed by atoms with Gasteiger partial charge in [-0.2, -0.15) is 0 Å². The molecular formula is C19H34N2O. The molecule has 1 aliphatic carbocycles. The van der Waals surface area contributed by atoms with Gasteiger partial charge < -0.3 is 9.80 Å². The zero-order chi connectivity index (χ0) is 15.7. The van der Waals surface area contributed by atoms with E-state index in [9.17, 15) is 4.79 Å². The number of hydrogen-bond donors (Lipinski definition) is 0. The summed E-state index contributed by atoms with van der Waals surface area (Å²) < 4.78 is 0. The minimum Gasteiger partial charge on any atom is -0.340 e. The van der Waals surface area contributed by atoms with Crippen molar-refractivity contribution in [3.05, 3.63) is 0 Å². The first-order chi connectivity index (χ1) is 10.6. The van der Waals surface area contributed by atoms with E-state index in [0.717, 1.165) is 30.3 Å². The van der Waals surface area contributed by atoms with E-state index in [1.165, 1.54) is 57.9 Å². The molecule has 2 saturated heterocycles. The Morgan fingerprint density at radius 3 is 2.68 bits per heavy atom. The van der Waals surface area contributed by atoms with Crippen LogP contribution in [0.15, 0.2) is 0 Å². The molecule has 2 aliphatic heterocycles. The summed E-state index contributed by atoms with van der Waals surface area (Å²) in [5.41, 5.74) is 0. The third kappa shape index (κ3) is 3.34. The molecule has 2 heterocycles. The van der Waals surface area contributed by atoms with Crippen LogP contribution in [0.4, 0.5) is 0 Å². The Bertz CT molecular complexity index is 397. The van der Waals surface area contributed by atoms with Gasteiger partial charge in [0.2, 0.25) is 5.91 Å². The molecule has 3 rings (SSSR count). The molecule has 0 aromatic heterocycles. The van der Waals surface area contributed by atoms with E-state index in [2.05, 4.69) is 23.8 Å². The Balaban J connectivity index is 1.70. The van der Waals surface area contributed by atoms with Crippen LogP contribution in [-0.4, -0.2) is 47.9 Å². The summed E-state index contributed by atoms with van der Waals surface area (Å²) in [6, 6.07) is 1.33. The van der Waals surface area contributed by atoms with Crippen molar-refractivity contribution in [3.63, 3.8) is 0 Å². The van der Waals surface area contributed by atoms with Gasteiger partial charge in [-0.1, -0.05) is 6.92 Å². The molecule has 3 aliphatic rings. The van der Waals surface area contributed by atoms with Crippen LogP contribution in [0.5, 0.6) is 0 Å². The quantitative estimate of drug-likeness (QED) is 0.779. The second-order valence-electron chi connectivity index (χ2n) is 8.29. The first-order valence-corrected chi connectivity index (χ1v) is 9.53. The first-order valence-electron chi connectivity index (χ1n) is 9.53. The van der Waals surface area contributed by atoms with Gasteiger partial charge in [0.05, 0.1) is 0 Å². The molecule has 126 valence electrons. The minimum atomic E-state index is 0.297. The molecule has 1 saturated carbocycles. The summed E-state index contributed by atoms with van der Waals surface area (Å²) in [5, 5.41) is 0. The van der Waals surface area contributed by atoms with E-state index < -0.39 is 0 Å². The van der Waals surface area contributed by atoms with Gasteiger partial charge in [0.1, 0.15) is 0 Å². The zero-order valence-electron chi connectivity index (χ0n) is 14.8. The molecule has 0 bridgehead atoms. The van der Waals surface area contributed by atoms with Gasteiger partial charge in [-0.25, -0.2) is 0 Å². The fourth-order valence-electron chi connectivity index (χ4n) is 5.65. The molecule has 5 atom stereocenters. The number of nitrogens with zero attached hydrogens (tertiary/aromatic N) is 2. The fourth-order valence-corrected chi connectivity index (χ4v) is 5.65. The van der Waals surface area contributed by atoms with Gasteiger partial charge in [-0.3, -0.25) is 4.79 Å². The van der Waals surface area contributed by atoms with E-state index >= 15 is 0 Å². The largest absolute Gasteiger partial charge is 0.340 e. The van der Waals surface area contributed by atoms with E-state index in [1.807, 2.05) is 0 Å². The molecule has 3 heteroatoms. The average Bonchev–Trinajstić information content (AvgIpc) is 2.49. The van der Waals surface area contributed by atoms with Gasteiger partial charge in [0.15, 0.2) is 0 Å². The number of rotatable bonds is 2. The number of hydrogen-bond acceptors (Lipinski definition) is 2. The number of carbonyl (C=O) groups is 1. The van der Waals surface area contributed by atoms with Crippen molar-refractivity contribution in [2.75, 3.05) is 20.1 Å². The summed E-state index contributed by atoms with van der Waals surface area (Å²) in [6.45, 7) is 6.48. The molecule has 22 heavy (non-hydrogen) atoms. The molecule has 0 aromatic carbocycles. The van der Waals surface area contributed by atoms with Crippen LogP contribution in [0.25, 0.3) is 0 Å². The van der Waals surface area contributed by atoms with Crippen molar-refractivity contribution < 1.29 is 4.79 Å². The Labute approximate surface area is 136 Å². The van der Waals surface area contributed by atoms with Crippen LogP contribution >= 0.6 is 0 Å². The lowest BCUT2D eigenvalue weighted by Crippen LogP contribution is -2.51. The van der Waals surface area contributed by atoms with Crippen LogP contribution in [0.3, 0.4) is 0 Å². The maximum atomic E-state index is 12.0. The molecule has 3 fully saturated rings. The highest BCUT2D eigenvalue weighted by Crippen LogP contribution is 2.44. The van der Waals surface area contributed by atoms with Crippen LogP contribution in [-0.2, 0) is 4.79 Å². The van der Waals surface area contributed by atoms with Gasteiger partial charge in [0.25, 0.3) is 0 Å². The van der Waals surface area contributed by atoms with Crippen molar-refractivity contribution in [1.29, 1.82) is 0 Å². The average molecular weight is 306 g/mol. The van der Waals surface area contributed by atoms with E-state index in [0.29, 0.717) is 11.9 Å². The van der Waals surface area contributed by atoms with Crippen molar-refractivity contribution in [1.82, 2.24) is 9.80 Å². The Morgan fingerprint density at radius 2 is 1.91 bits per heavy atom. The highest BCUT2D eigenvalue weighted by atomic mass is 16.2. The van der Waals surface area contributed by atoms with Crippen LogP contribution in [0, 0.1) is 17.8 Å². The van der Waals surface area contributed by atoms with Crippen LogP contribution in [0.1, 0.15) is 65.2 Å². The third-order valence-corrected chi connectivity index (χ3v) is 6.67. The molecule has 0 radical (unpaired) electrons. The van der Waals surface area contributed by atoms with Crippen molar-refractivity contribution in [2.45, 2.75) is 77.3 Å². The number of likely N-dealkylation sites (tertiary alicyclic amines) is 2. The Morgan fingerprint density at radius 1 is 1.09 bits per heavy atom. The second kappa shape index (κ2) is 6.90. The summed E-state index contributed by atoms with van der Waals surface area (Å²) >= 11 is 0. The topological polar surface area (TPSA) is 23.6 Å². The third-order valence-electron chi connectivity index (χ3n) is 6.67. The highest BCUT2D eigenvalue weighted by Gasteiger charge is 2.41. The summed E-state index contributed by atoms with van der Waals surface area (Å²) in [6.07, 6.45) is 10.6. The van der Waals surface area contributed by atoms with Gasteiger partial charge in [-0.15, -0.1) is 0 Å². The predicted molar refractivity (Wildman–Crippen MR) is 90.7 cm³/mol.